The molecule has 1 aliphatic rings. The van der Waals surface area contributed by atoms with Crippen molar-refractivity contribution in [3.63, 3.8) is 0 Å². The molecule has 5 nitrogen and oxygen atoms in total. The van der Waals surface area contributed by atoms with Crippen molar-refractivity contribution in [3.8, 4) is 17.6 Å². The summed E-state index contributed by atoms with van der Waals surface area (Å²) in [6.45, 7) is 9.67. The van der Waals surface area contributed by atoms with Gasteiger partial charge in [-0.1, -0.05) is 12.1 Å². The average Bonchev–Trinajstić information content (AvgIpc) is 2.72. The first-order valence-electron chi connectivity index (χ1n) is 10.6. The molecule has 3 aromatic rings. The van der Waals surface area contributed by atoms with Gasteiger partial charge in [0.1, 0.15) is 23.2 Å². The third-order valence-corrected chi connectivity index (χ3v) is 5.62. The predicted molar refractivity (Wildman–Crippen MR) is 122 cm³/mol. The highest BCUT2D eigenvalue weighted by Crippen LogP contribution is 2.41. The van der Waals surface area contributed by atoms with Crippen molar-refractivity contribution in [3.05, 3.63) is 87.7 Å². The molecule has 0 fully saturated rings. The number of nitriles is 1. The molecule has 0 saturated heterocycles. The molecule has 0 amide bonds. The number of pyridine rings is 1. The molecule has 162 valence electrons. The van der Waals surface area contributed by atoms with E-state index in [9.17, 15) is 10.1 Å². The number of hydrogen-bond acceptors (Lipinski definition) is 5. The van der Waals surface area contributed by atoms with Crippen LogP contribution in [0.1, 0.15) is 70.4 Å². The molecule has 2 heterocycles. The van der Waals surface area contributed by atoms with Gasteiger partial charge in [0.05, 0.1) is 23.6 Å². The van der Waals surface area contributed by atoms with Crippen molar-refractivity contribution in [1.29, 1.82) is 5.26 Å². The summed E-state index contributed by atoms with van der Waals surface area (Å²) in [5.74, 6) is 1.31. The van der Waals surface area contributed by atoms with Gasteiger partial charge in [-0.15, -0.1) is 0 Å². The number of aryl methyl sites for hydroxylation is 2. The number of fused-ring (bicyclic) bond motifs is 1. The van der Waals surface area contributed by atoms with Crippen LogP contribution in [0.15, 0.2) is 48.5 Å². The number of hydrogen-bond donors (Lipinski definition) is 0. The van der Waals surface area contributed by atoms with Gasteiger partial charge < -0.3 is 9.47 Å². The molecule has 32 heavy (non-hydrogen) atoms. The summed E-state index contributed by atoms with van der Waals surface area (Å²) in [5.41, 5.74) is 5.12. The van der Waals surface area contributed by atoms with E-state index >= 15 is 0 Å². The Morgan fingerprint density at radius 2 is 1.69 bits per heavy atom. The van der Waals surface area contributed by atoms with Gasteiger partial charge in [0, 0.05) is 22.5 Å². The summed E-state index contributed by atoms with van der Waals surface area (Å²) < 4.78 is 12.7. The molecule has 1 aliphatic heterocycles. The zero-order valence-corrected chi connectivity index (χ0v) is 19.0. The Morgan fingerprint density at radius 3 is 2.31 bits per heavy atom. The van der Waals surface area contributed by atoms with Crippen molar-refractivity contribution in [2.24, 2.45) is 0 Å². The van der Waals surface area contributed by atoms with Crippen LogP contribution in [0.4, 0.5) is 0 Å². The topological polar surface area (TPSA) is 72.2 Å². The first-order valence-corrected chi connectivity index (χ1v) is 10.6. The van der Waals surface area contributed by atoms with E-state index in [0.717, 1.165) is 28.1 Å². The molecule has 0 bridgehead atoms. The third kappa shape index (κ3) is 4.22. The first kappa shape index (κ1) is 21.6. The lowest BCUT2D eigenvalue weighted by atomic mass is 9.91. The molecule has 0 aliphatic carbocycles. The van der Waals surface area contributed by atoms with E-state index in [4.69, 9.17) is 9.47 Å². The molecule has 0 N–H and O–H groups in total. The highest BCUT2D eigenvalue weighted by atomic mass is 16.5. The van der Waals surface area contributed by atoms with Crippen molar-refractivity contribution >= 4 is 5.78 Å². The molecule has 0 spiro atoms. The zero-order chi connectivity index (χ0) is 23.0. The number of nitrogens with zero attached hydrogens (tertiary/aromatic N) is 2. The highest BCUT2D eigenvalue weighted by Gasteiger charge is 2.34. The van der Waals surface area contributed by atoms with Crippen LogP contribution in [0.2, 0.25) is 0 Å². The number of benzene rings is 2. The van der Waals surface area contributed by atoms with Crippen molar-refractivity contribution < 1.29 is 14.3 Å². The fraction of sp³-hybridized carbons (Fsp3) is 0.296. The maximum Gasteiger partial charge on any atom is 0.170 e. The van der Waals surface area contributed by atoms with Gasteiger partial charge in [0.2, 0.25) is 0 Å². The molecular weight excluding hydrogens is 400 g/mol. The van der Waals surface area contributed by atoms with Crippen LogP contribution in [0.5, 0.6) is 11.5 Å². The maximum absolute atomic E-state index is 12.6. The van der Waals surface area contributed by atoms with Crippen LogP contribution < -0.4 is 9.47 Å². The van der Waals surface area contributed by atoms with Gasteiger partial charge >= 0.3 is 0 Å². The number of rotatable bonds is 4. The summed E-state index contributed by atoms with van der Waals surface area (Å²) >= 11 is 0. The van der Waals surface area contributed by atoms with E-state index in [1.54, 1.807) is 18.2 Å². The summed E-state index contributed by atoms with van der Waals surface area (Å²) in [5, 5.41) is 9.17. The van der Waals surface area contributed by atoms with Crippen molar-refractivity contribution in [1.82, 2.24) is 4.98 Å². The lowest BCUT2D eigenvalue weighted by molar-refractivity contribution is 0.0612. The van der Waals surface area contributed by atoms with Gasteiger partial charge in [-0.25, -0.2) is 0 Å². The average molecular weight is 427 g/mol. The quantitative estimate of drug-likeness (QED) is 0.528. The number of carbonyl (C=O) groups excluding carboxylic acids is 1. The first-order chi connectivity index (χ1) is 15.2. The second-order valence-electron chi connectivity index (χ2n) is 8.94. The molecule has 2 aromatic carbocycles. The van der Waals surface area contributed by atoms with E-state index in [0.29, 0.717) is 29.0 Å². The van der Waals surface area contributed by atoms with Crippen molar-refractivity contribution in [2.75, 3.05) is 0 Å². The number of Topliss-reactive ketones (excluding diaryl/α,β-unsaturated/α-hetero) is 1. The number of ether oxygens (including phenoxy) is 2. The summed E-state index contributed by atoms with van der Waals surface area (Å²) in [6.07, 6.45) is -0.0597. The van der Waals surface area contributed by atoms with Gasteiger partial charge in [-0.3, -0.25) is 9.78 Å². The molecule has 1 unspecified atom stereocenters. The second-order valence-corrected chi connectivity index (χ2v) is 8.94. The van der Waals surface area contributed by atoms with Gasteiger partial charge in [0.15, 0.2) is 5.78 Å². The Kier molecular flexibility index (Phi) is 5.48. The molecule has 4 rings (SSSR count). The molecular formula is C27H26N2O3. The van der Waals surface area contributed by atoms with Gasteiger partial charge in [-0.2, -0.15) is 5.26 Å². The van der Waals surface area contributed by atoms with Crippen LogP contribution >= 0.6 is 0 Å². The lowest BCUT2D eigenvalue weighted by Gasteiger charge is -2.33. The van der Waals surface area contributed by atoms with E-state index in [1.165, 1.54) is 0 Å². The van der Waals surface area contributed by atoms with Crippen LogP contribution in [-0.4, -0.2) is 16.4 Å². The Balaban J connectivity index is 1.79. The molecule has 0 saturated carbocycles. The minimum atomic E-state index is -0.556. The Labute approximate surface area is 188 Å². The fourth-order valence-electron chi connectivity index (χ4n) is 4.15. The Bertz CT molecular complexity index is 1220. The van der Waals surface area contributed by atoms with E-state index in [-0.39, 0.29) is 5.78 Å². The predicted octanol–water partition coefficient (Wildman–Crippen LogP) is 5.79. The van der Waals surface area contributed by atoms with E-state index < -0.39 is 11.7 Å². The second kappa shape index (κ2) is 8.12. The van der Waals surface area contributed by atoms with Gasteiger partial charge in [0.25, 0.3) is 0 Å². The Morgan fingerprint density at radius 1 is 1.03 bits per heavy atom. The van der Waals surface area contributed by atoms with E-state index in [2.05, 4.69) is 11.1 Å². The minimum Gasteiger partial charge on any atom is -0.486 e. The van der Waals surface area contributed by atoms with Crippen LogP contribution in [0.3, 0.4) is 0 Å². The third-order valence-electron chi connectivity index (χ3n) is 5.62. The van der Waals surface area contributed by atoms with Crippen LogP contribution in [0, 0.1) is 32.1 Å². The number of ketones is 1. The minimum absolute atomic E-state index is 0.0786. The fourth-order valence-corrected chi connectivity index (χ4v) is 4.15. The smallest absolute Gasteiger partial charge is 0.170 e. The summed E-state index contributed by atoms with van der Waals surface area (Å²) in [7, 11) is 0. The standard InChI is InChI=1S/C27H26N2O3/c1-16-12-21(13-17(2)29-16)26(20-8-6-19(15-28)7-9-20)31-24-11-10-22-23(30)14-27(4,5)32-25(22)18(24)3/h6-13,26H,14H2,1-5H3. The van der Waals surface area contributed by atoms with E-state index in [1.807, 2.05) is 65.0 Å². The normalized spacial score (nSPS) is 15.3. The van der Waals surface area contributed by atoms with Gasteiger partial charge in [-0.05, 0) is 76.6 Å². The summed E-state index contributed by atoms with van der Waals surface area (Å²) in [4.78, 5) is 17.1. The monoisotopic (exact) mass is 426 g/mol. The molecule has 1 aromatic heterocycles. The SMILES string of the molecule is Cc1cc(C(Oc2ccc3c(c2C)OC(C)(C)CC3=O)c2ccc(C#N)cc2)cc(C)n1. The number of aromatic nitrogens is 1. The number of carbonyl (C=O) groups is 1. The van der Waals surface area contributed by atoms with Crippen molar-refractivity contribution in [2.45, 2.75) is 52.7 Å². The molecule has 5 heteroatoms. The summed E-state index contributed by atoms with van der Waals surface area (Å²) in [6, 6.07) is 17.2. The zero-order valence-electron chi connectivity index (χ0n) is 19.0. The van der Waals surface area contributed by atoms with Crippen LogP contribution in [-0.2, 0) is 0 Å². The largest absolute Gasteiger partial charge is 0.486 e. The molecule has 1 atom stereocenters. The maximum atomic E-state index is 12.6. The van der Waals surface area contributed by atoms with Crippen LogP contribution in [0.25, 0.3) is 0 Å². The molecule has 0 radical (unpaired) electrons. The highest BCUT2D eigenvalue weighted by molar-refractivity contribution is 6.01. The lowest BCUT2D eigenvalue weighted by Crippen LogP contribution is -2.36. The Hall–Kier alpha value is -3.65.